The SMILES string of the molecule is O=C1C(=O)N(c2ccccc2O)C2(NC(=O)N(c3ccccc3)C2=O)/C1=C(\O)c1ccc(Br)cc1. The number of rotatable bonds is 3. The van der Waals surface area contributed by atoms with E-state index in [4.69, 9.17) is 0 Å². The van der Waals surface area contributed by atoms with Gasteiger partial charge in [0.05, 0.1) is 11.4 Å². The van der Waals surface area contributed by atoms with Crippen molar-refractivity contribution >= 4 is 56.7 Å². The highest BCUT2D eigenvalue weighted by Gasteiger charge is 2.68. The molecule has 174 valence electrons. The summed E-state index contributed by atoms with van der Waals surface area (Å²) < 4.78 is 0.693. The van der Waals surface area contributed by atoms with Gasteiger partial charge in [-0.15, -0.1) is 0 Å². The number of carbonyl (C=O) groups excluding carboxylic acids is 4. The molecule has 1 atom stereocenters. The summed E-state index contributed by atoms with van der Waals surface area (Å²) in [4.78, 5) is 55.3. The molecule has 0 radical (unpaired) electrons. The Morgan fingerprint density at radius 2 is 1.49 bits per heavy atom. The molecular formula is C25H16BrN3O6. The third kappa shape index (κ3) is 3.22. The van der Waals surface area contributed by atoms with E-state index < -0.39 is 46.4 Å². The summed E-state index contributed by atoms with van der Waals surface area (Å²) in [5.41, 5.74) is -2.91. The maximum Gasteiger partial charge on any atom is 0.331 e. The summed E-state index contributed by atoms with van der Waals surface area (Å²) in [6.07, 6.45) is 0. The fourth-order valence-electron chi connectivity index (χ4n) is 4.26. The number of Topliss-reactive ketones (excluding diaryl/α,β-unsaturated/α-hetero) is 1. The highest BCUT2D eigenvalue weighted by Crippen LogP contribution is 2.45. The van der Waals surface area contributed by atoms with Crippen LogP contribution >= 0.6 is 15.9 Å². The Balaban J connectivity index is 1.80. The molecule has 2 aliphatic rings. The van der Waals surface area contributed by atoms with Gasteiger partial charge in [-0.05, 0) is 36.4 Å². The second-order valence-electron chi connectivity index (χ2n) is 7.81. The van der Waals surface area contributed by atoms with Crippen LogP contribution in [0.2, 0.25) is 0 Å². The van der Waals surface area contributed by atoms with Gasteiger partial charge in [0, 0.05) is 10.0 Å². The molecular weight excluding hydrogens is 518 g/mol. The number of aliphatic hydroxyl groups excluding tert-OH is 1. The number of aromatic hydroxyl groups is 1. The Morgan fingerprint density at radius 1 is 0.857 bits per heavy atom. The topological polar surface area (TPSA) is 127 Å². The number of hydrogen-bond acceptors (Lipinski definition) is 6. The highest BCUT2D eigenvalue weighted by atomic mass is 79.9. The van der Waals surface area contributed by atoms with Crippen molar-refractivity contribution in [3.05, 3.63) is 94.5 Å². The number of nitrogens with one attached hydrogen (secondary N) is 1. The van der Waals surface area contributed by atoms with Crippen molar-refractivity contribution in [1.82, 2.24) is 5.32 Å². The quantitative estimate of drug-likeness (QED) is 0.204. The van der Waals surface area contributed by atoms with Gasteiger partial charge in [-0.1, -0.05) is 58.4 Å². The van der Waals surface area contributed by atoms with Crippen molar-refractivity contribution < 1.29 is 29.4 Å². The van der Waals surface area contributed by atoms with Gasteiger partial charge < -0.3 is 15.5 Å². The van der Waals surface area contributed by atoms with Gasteiger partial charge in [-0.25, -0.2) is 9.69 Å². The number of aliphatic hydroxyl groups is 1. The number of amides is 4. The number of carbonyl (C=O) groups is 4. The van der Waals surface area contributed by atoms with E-state index in [0.29, 0.717) is 4.47 Å². The van der Waals surface area contributed by atoms with E-state index in [1.54, 1.807) is 30.3 Å². The number of urea groups is 1. The van der Waals surface area contributed by atoms with E-state index in [-0.39, 0.29) is 16.9 Å². The molecule has 3 aromatic carbocycles. The van der Waals surface area contributed by atoms with Gasteiger partial charge in [0.15, 0.2) is 0 Å². The molecule has 3 aromatic rings. The predicted molar refractivity (Wildman–Crippen MR) is 129 cm³/mol. The van der Waals surface area contributed by atoms with E-state index >= 15 is 0 Å². The molecule has 2 saturated heterocycles. The van der Waals surface area contributed by atoms with E-state index in [2.05, 4.69) is 21.2 Å². The Kier molecular flexibility index (Phi) is 5.17. The monoisotopic (exact) mass is 533 g/mol. The molecule has 0 aromatic heterocycles. The van der Waals surface area contributed by atoms with Crippen molar-refractivity contribution in [1.29, 1.82) is 0 Å². The van der Waals surface area contributed by atoms with Crippen LogP contribution in [0, 0.1) is 0 Å². The van der Waals surface area contributed by atoms with Crippen LogP contribution in [0.3, 0.4) is 0 Å². The van der Waals surface area contributed by atoms with Gasteiger partial charge in [0.2, 0.25) is 5.66 Å². The molecule has 9 nitrogen and oxygen atoms in total. The normalized spacial score (nSPS) is 21.2. The van der Waals surface area contributed by atoms with Gasteiger partial charge in [-0.2, -0.15) is 0 Å². The summed E-state index contributed by atoms with van der Waals surface area (Å²) in [5, 5.41) is 24.2. The first kappa shape index (κ1) is 22.4. The second-order valence-corrected chi connectivity index (χ2v) is 8.72. The van der Waals surface area contributed by atoms with E-state index in [1.807, 2.05) is 0 Å². The van der Waals surface area contributed by atoms with Crippen molar-refractivity contribution in [3.63, 3.8) is 0 Å². The lowest BCUT2D eigenvalue weighted by atomic mass is 9.94. The fraction of sp³-hybridized carbons (Fsp3) is 0.0400. The van der Waals surface area contributed by atoms with Gasteiger partial charge >= 0.3 is 11.9 Å². The number of anilines is 2. The number of imide groups is 1. The first-order valence-corrected chi connectivity index (χ1v) is 11.1. The molecule has 1 spiro atoms. The summed E-state index contributed by atoms with van der Waals surface area (Å²) in [7, 11) is 0. The zero-order valence-electron chi connectivity index (χ0n) is 17.8. The molecule has 5 rings (SSSR count). The standard InChI is InChI=1S/C25H16BrN3O6/c26-15-12-10-14(11-13-15)20(31)19-21(32)22(33)29(17-8-4-5-9-18(17)30)25(19)23(34)28(24(35)27-25)16-6-2-1-3-7-16/h1-13,30-31H,(H,27,35)/b20-19-. The average Bonchev–Trinajstić information content (AvgIpc) is 3.23. The molecule has 10 heteroatoms. The number of phenols is 1. The smallest absolute Gasteiger partial charge is 0.331 e. The van der Waals surface area contributed by atoms with Crippen LogP contribution < -0.4 is 15.1 Å². The van der Waals surface area contributed by atoms with E-state index in [9.17, 15) is 29.4 Å². The van der Waals surface area contributed by atoms with Crippen molar-refractivity contribution in [2.24, 2.45) is 0 Å². The first-order chi connectivity index (χ1) is 16.8. The van der Waals surface area contributed by atoms with Crippen LogP contribution in [0.25, 0.3) is 5.76 Å². The molecule has 0 aliphatic carbocycles. The summed E-state index contributed by atoms with van der Waals surface area (Å²) in [5.74, 6) is -4.45. The molecule has 2 aliphatic heterocycles. The minimum Gasteiger partial charge on any atom is -0.507 e. The lowest BCUT2D eigenvalue weighted by Crippen LogP contribution is -2.60. The Labute approximate surface area is 207 Å². The number of hydrogen-bond donors (Lipinski definition) is 3. The molecule has 0 saturated carbocycles. The number of halogens is 1. The average molecular weight is 534 g/mol. The molecule has 3 N–H and O–H groups in total. The van der Waals surface area contributed by atoms with E-state index in [0.717, 1.165) is 9.80 Å². The van der Waals surface area contributed by atoms with Crippen LogP contribution in [-0.2, 0) is 14.4 Å². The Morgan fingerprint density at radius 3 is 2.14 bits per heavy atom. The van der Waals surface area contributed by atoms with Crippen molar-refractivity contribution in [2.75, 3.05) is 9.80 Å². The number of para-hydroxylation sites is 3. The largest absolute Gasteiger partial charge is 0.507 e. The number of nitrogens with zero attached hydrogens (tertiary/aromatic N) is 2. The van der Waals surface area contributed by atoms with Crippen LogP contribution in [0.5, 0.6) is 5.75 Å². The maximum absolute atomic E-state index is 14.0. The number of ketones is 1. The minimum atomic E-state index is -2.43. The minimum absolute atomic E-state index is 0.142. The zero-order chi connectivity index (χ0) is 24.9. The molecule has 2 fully saturated rings. The third-order valence-electron chi connectivity index (χ3n) is 5.82. The van der Waals surface area contributed by atoms with Crippen LogP contribution in [0.15, 0.2) is 88.9 Å². The molecule has 1 unspecified atom stereocenters. The van der Waals surface area contributed by atoms with Crippen LogP contribution in [-0.4, -0.2) is 39.5 Å². The second kappa shape index (κ2) is 8.10. The lowest BCUT2D eigenvalue weighted by molar-refractivity contribution is -0.132. The third-order valence-corrected chi connectivity index (χ3v) is 6.35. The van der Waals surface area contributed by atoms with Crippen LogP contribution in [0.1, 0.15) is 5.56 Å². The summed E-state index contributed by atoms with van der Waals surface area (Å²) in [6, 6.07) is 18.8. The summed E-state index contributed by atoms with van der Waals surface area (Å²) in [6.45, 7) is 0. The summed E-state index contributed by atoms with van der Waals surface area (Å²) >= 11 is 3.29. The number of phenolic OH excluding ortho intramolecular Hbond substituents is 1. The Bertz CT molecular complexity index is 1440. The van der Waals surface area contributed by atoms with Crippen LogP contribution in [0.4, 0.5) is 16.2 Å². The van der Waals surface area contributed by atoms with Gasteiger partial charge in [0.1, 0.15) is 17.1 Å². The lowest BCUT2D eigenvalue weighted by Gasteiger charge is -2.32. The highest BCUT2D eigenvalue weighted by molar-refractivity contribution is 9.10. The number of benzene rings is 3. The van der Waals surface area contributed by atoms with Crippen molar-refractivity contribution in [3.8, 4) is 5.75 Å². The predicted octanol–water partition coefficient (Wildman–Crippen LogP) is 3.49. The zero-order valence-corrected chi connectivity index (χ0v) is 19.4. The molecule has 2 heterocycles. The van der Waals surface area contributed by atoms with Crippen molar-refractivity contribution in [2.45, 2.75) is 5.66 Å². The maximum atomic E-state index is 14.0. The molecule has 35 heavy (non-hydrogen) atoms. The Hall–Kier alpha value is -4.44. The molecule has 4 amide bonds. The molecule has 0 bridgehead atoms. The fourth-order valence-corrected chi connectivity index (χ4v) is 4.53. The van der Waals surface area contributed by atoms with E-state index in [1.165, 1.54) is 48.5 Å². The first-order valence-electron chi connectivity index (χ1n) is 10.4. The van der Waals surface area contributed by atoms with Gasteiger partial charge in [-0.3, -0.25) is 19.3 Å². The van der Waals surface area contributed by atoms with Gasteiger partial charge in [0.25, 0.3) is 11.7 Å².